The molecule has 1 atom stereocenters. The number of likely N-dealkylation sites (N-methyl/N-ethyl adjacent to an activating group) is 1. The number of nitrogens with zero attached hydrogens (tertiary/aromatic N) is 2. The number of nitro groups is 1. The Morgan fingerprint density at radius 2 is 1.85 bits per heavy atom. The minimum atomic E-state index is -3.69. The molecule has 0 bridgehead atoms. The summed E-state index contributed by atoms with van der Waals surface area (Å²) in [6, 6.07) is 10.9. The van der Waals surface area contributed by atoms with Gasteiger partial charge in [-0.1, -0.05) is 30.3 Å². The maximum absolute atomic E-state index is 12.9. The van der Waals surface area contributed by atoms with Gasteiger partial charge in [0, 0.05) is 19.2 Å². The second-order valence-electron chi connectivity index (χ2n) is 5.72. The molecule has 0 radical (unpaired) electrons. The molecule has 0 fully saturated rings. The number of carbonyl (C=O) groups is 1. The quantitative estimate of drug-likeness (QED) is 0.569. The smallest absolute Gasteiger partial charge is 0.271 e. The number of hydrogen-bond donors (Lipinski definition) is 1. The van der Waals surface area contributed by atoms with E-state index in [0.717, 1.165) is 16.6 Å². The summed E-state index contributed by atoms with van der Waals surface area (Å²) in [5.41, 5.74) is 0.283. The van der Waals surface area contributed by atoms with Gasteiger partial charge in [-0.25, -0.2) is 8.42 Å². The van der Waals surface area contributed by atoms with E-state index in [1.807, 2.05) is 0 Å². The number of ether oxygens (including phenoxy) is 1. The van der Waals surface area contributed by atoms with Gasteiger partial charge in [-0.05, 0) is 11.6 Å². The zero-order valence-electron chi connectivity index (χ0n) is 14.9. The van der Waals surface area contributed by atoms with E-state index in [0.29, 0.717) is 5.56 Å². The van der Waals surface area contributed by atoms with E-state index in [1.165, 1.54) is 26.3 Å². The Hall–Kier alpha value is -2.98. The fraction of sp³-hybridized carbons (Fsp3) is 0.235. The largest absolute Gasteiger partial charge is 0.495 e. The van der Waals surface area contributed by atoms with Crippen LogP contribution in [0.2, 0.25) is 0 Å². The highest BCUT2D eigenvalue weighted by Crippen LogP contribution is 2.31. The molecule has 0 saturated carbocycles. The van der Waals surface area contributed by atoms with E-state index >= 15 is 0 Å². The predicted molar refractivity (Wildman–Crippen MR) is 100 cm³/mol. The first-order valence-electron chi connectivity index (χ1n) is 7.76. The van der Waals surface area contributed by atoms with Gasteiger partial charge in [0.15, 0.2) is 0 Å². The van der Waals surface area contributed by atoms with Crippen molar-refractivity contribution in [3.8, 4) is 5.75 Å². The number of nitro benzene ring substituents is 1. The molecule has 2 rings (SSSR count). The highest BCUT2D eigenvalue weighted by molar-refractivity contribution is 7.88. The average molecular weight is 393 g/mol. The summed E-state index contributed by atoms with van der Waals surface area (Å²) in [5, 5.41) is 13.5. The van der Waals surface area contributed by atoms with Crippen molar-refractivity contribution in [2.45, 2.75) is 6.04 Å². The van der Waals surface area contributed by atoms with Gasteiger partial charge in [0.2, 0.25) is 15.9 Å². The predicted octanol–water partition coefficient (Wildman–Crippen LogP) is 2.17. The normalized spacial score (nSPS) is 12.4. The molecular weight excluding hydrogens is 374 g/mol. The van der Waals surface area contributed by atoms with Gasteiger partial charge >= 0.3 is 0 Å². The Labute approximate surface area is 156 Å². The molecule has 1 unspecified atom stereocenters. The van der Waals surface area contributed by atoms with Crippen LogP contribution in [0.25, 0.3) is 0 Å². The van der Waals surface area contributed by atoms with Crippen LogP contribution in [0.5, 0.6) is 5.75 Å². The van der Waals surface area contributed by atoms with Gasteiger partial charge in [-0.15, -0.1) is 0 Å². The van der Waals surface area contributed by atoms with Gasteiger partial charge in [-0.2, -0.15) is 4.31 Å². The molecule has 0 spiro atoms. The molecule has 10 heteroatoms. The zero-order valence-corrected chi connectivity index (χ0v) is 15.8. The SMILES string of the molecule is COc1ccc([N+](=O)[O-])cc1NC(=O)C(c1ccccc1)N(C)S(C)(=O)=O. The summed E-state index contributed by atoms with van der Waals surface area (Å²) in [4.78, 5) is 23.3. The summed E-state index contributed by atoms with van der Waals surface area (Å²) < 4.78 is 30.1. The van der Waals surface area contributed by atoms with Gasteiger partial charge in [0.05, 0.1) is 24.0 Å². The molecule has 0 aromatic heterocycles. The topological polar surface area (TPSA) is 119 Å². The second kappa shape index (κ2) is 8.14. The molecule has 0 aliphatic rings. The molecule has 27 heavy (non-hydrogen) atoms. The molecular formula is C17H19N3O6S. The summed E-state index contributed by atoms with van der Waals surface area (Å²) >= 11 is 0. The van der Waals surface area contributed by atoms with Gasteiger partial charge in [0.25, 0.3) is 5.69 Å². The number of nitrogens with one attached hydrogen (secondary N) is 1. The number of sulfonamides is 1. The number of non-ortho nitro benzene ring substituents is 1. The van der Waals surface area contributed by atoms with Crippen molar-refractivity contribution in [1.82, 2.24) is 4.31 Å². The minimum absolute atomic E-state index is 0.0690. The maximum Gasteiger partial charge on any atom is 0.271 e. The summed E-state index contributed by atoms with van der Waals surface area (Å²) in [6.07, 6.45) is 0.990. The van der Waals surface area contributed by atoms with Gasteiger partial charge in [-0.3, -0.25) is 14.9 Å². The molecule has 0 aliphatic carbocycles. The van der Waals surface area contributed by atoms with Gasteiger partial charge in [0.1, 0.15) is 11.8 Å². The maximum atomic E-state index is 12.9. The first-order chi connectivity index (χ1) is 12.6. The van der Waals surface area contributed by atoms with Crippen LogP contribution in [0.1, 0.15) is 11.6 Å². The Kier molecular flexibility index (Phi) is 6.13. The van der Waals surface area contributed by atoms with E-state index in [-0.39, 0.29) is 17.1 Å². The molecule has 0 heterocycles. The Balaban J connectivity index is 2.45. The Morgan fingerprint density at radius 1 is 1.22 bits per heavy atom. The third-order valence-electron chi connectivity index (χ3n) is 3.90. The molecule has 0 aliphatic heterocycles. The van der Waals surface area contributed by atoms with Crippen molar-refractivity contribution >= 4 is 27.3 Å². The molecule has 9 nitrogen and oxygen atoms in total. The van der Waals surface area contributed by atoms with Crippen molar-refractivity contribution in [2.24, 2.45) is 0 Å². The average Bonchev–Trinajstić information content (AvgIpc) is 2.61. The standard InChI is InChI=1S/C17H19N3O6S/c1-19(27(3,24)25)16(12-7-5-4-6-8-12)17(21)18-14-11-13(20(22)23)9-10-15(14)26-2/h4-11,16H,1-3H3,(H,18,21). The third-order valence-corrected chi connectivity index (χ3v) is 5.16. The fourth-order valence-electron chi connectivity index (χ4n) is 2.46. The lowest BCUT2D eigenvalue weighted by atomic mass is 10.1. The fourth-order valence-corrected chi connectivity index (χ4v) is 3.06. The number of amides is 1. The number of methoxy groups -OCH3 is 1. The summed E-state index contributed by atoms with van der Waals surface area (Å²) in [5.74, 6) is -0.462. The molecule has 144 valence electrons. The van der Waals surface area contributed by atoms with Crippen LogP contribution < -0.4 is 10.1 Å². The lowest BCUT2D eigenvalue weighted by Gasteiger charge is -2.26. The summed E-state index contributed by atoms with van der Waals surface area (Å²) in [7, 11) is -1.05. The highest BCUT2D eigenvalue weighted by Gasteiger charge is 2.31. The van der Waals surface area contributed by atoms with Crippen molar-refractivity contribution in [2.75, 3.05) is 25.7 Å². The molecule has 2 aromatic rings. The van der Waals surface area contributed by atoms with E-state index in [4.69, 9.17) is 4.74 Å². The molecule has 0 saturated heterocycles. The monoisotopic (exact) mass is 393 g/mol. The van der Waals surface area contributed by atoms with Crippen LogP contribution >= 0.6 is 0 Å². The first-order valence-corrected chi connectivity index (χ1v) is 9.61. The number of anilines is 1. The van der Waals surface area contributed by atoms with Crippen LogP contribution in [0.4, 0.5) is 11.4 Å². The second-order valence-corrected chi connectivity index (χ2v) is 7.77. The molecule has 1 N–H and O–H groups in total. The van der Waals surface area contributed by atoms with E-state index in [1.54, 1.807) is 30.3 Å². The molecule has 2 aromatic carbocycles. The number of rotatable bonds is 7. The van der Waals surface area contributed by atoms with E-state index in [9.17, 15) is 23.3 Å². The van der Waals surface area contributed by atoms with Crippen LogP contribution in [-0.2, 0) is 14.8 Å². The van der Waals surface area contributed by atoms with Crippen LogP contribution in [-0.4, -0.2) is 44.0 Å². The zero-order chi connectivity index (χ0) is 20.2. The van der Waals surface area contributed by atoms with Crippen molar-refractivity contribution < 1.29 is 22.9 Å². The number of benzene rings is 2. The van der Waals surface area contributed by atoms with E-state index < -0.39 is 26.9 Å². The Bertz CT molecular complexity index is 946. The minimum Gasteiger partial charge on any atom is -0.495 e. The van der Waals surface area contributed by atoms with Crippen molar-refractivity contribution in [3.63, 3.8) is 0 Å². The van der Waals surface area contributed by atoms with Crippen molar-refractivity contribution in [3.05, 3.63) is 64.2 Å². The molecule has 1 amide bonds. The van der Waals surface area contributed by atoms with Crippen LogP contribution in [0.3, 0.4) is 0 Å². The lowest BCUT2D eigenvalue weighted by molar-refractivity contribution is -0.384. The van der Waals surface area contributed by atoms with Gasteiger partial charge < -0.3 is 10.1 Å². The number of carbonyl (C=O) groups excluding carboxylic acids is 1. The van der Waals surface area contributed by atoms with Crippen LogP contribution in [0.15, 0.2) is 48.5 Å². The first kappa shape index (κ1) is 20.3. The number of hydrogen-bond acceptors (Lipinski definition) is 6. The van der Waals surface area contributed by atoms with E-state index in [2.05, 4.69) is 5.32 Å². The Morgan fingerprint density at radius 3 is 2.37 bits per heavy atom. The van der Waals surface area contributed by atoms with Crippen molar-refractivity contribution in [1.29, 1.82) is 0 Å². The third kappa shape index (κ3) is 4.80. The highest BCUT2D eigenvalue weighted by atomic mass is 32.2. The summed E-state index contributed by atoms with van der Waals surface area (Å²) in [6.45, 7) is 0. The lowest BCUT2D eigenvalue weighted by Crippen LogP contribution is -2.38. The van der Waals surface area contributed by atoms with Crippen LogP contribution in [0, 0.1) is 10.1 Å².